The van der Waals surface area contributed by atoms with E-state index in [4.69, 9.17) is 9.26 Å². The second-order valence-electron chi connectivity index (χ2n) is 6.11. The molecule has 0 radical (unpaired) electrons. The number of H-pyrrole nitrogens is 1. The number of nitrogens with zero attached hydrogens (tertiary/aromatic N) is 1. The second kappa shape index (κ2) is 8.20. The third kappa shape index (κ3) is 4.27. The molecule has 2 N–H and O–H groups in total. The Balaban J connectivity index is 1.19. The predicted octanol–water partition coefficient (Wildman–Crippen LogP) is 3.76. The van der Waals surface area contributed by atoms with Crippen LogP contribution in [0.3, 0.4) is 0 Å². The number of hydrogen-bond acceptors (Lipinski definition) is 5. The number of hydrogen-bond donors (Lipinski definition) is 2. The first kappa shape index (κ1) is 17.5. The highest BCUT2D eigenvalue weighted by Gasteiger charge is 2.09. The molecule has 6 nitrogen and oxygen atoms in total. The van der Waals surface area contributed by atoms with Crippen LogP contribution in [0.25, 0.3) is 21.5 Å². The third-order valence-corrected chi connectivity index (χ3v) is 5.08. The molecular weight excluding hydrogens is 362 g/mol. The molecule has 0 bridgehead atoms. The maximum absolute atomic E-state index is 11.9. The Kier molecular flexibility index (Phi) is 5.32. The molecule has 0 saturated carbocycles. The van der Waals surface area contributed by atoms with Crippen molar-refractivity contribution >= 4 is 28.1 Å². The Morgan fingerprint density at radius 2 is 2.19 bits per heavy atom. The van der Waals surface area contributed by atoms with E-state index in [1.807, 2.05) is 48.0 Å². The lowest BCUT2D eigenvalue weighted by Crippen LogP contribution is -2.29. The Labute approximate surface area is 160 Å². The molecule has 27 heavy (non-hydrogen) atoms. The summed E-state index contributed by atoms with van der Waals surface area (Å²) in [5.41, 5.74) is 2.97. The van der Waals surface area contributed by atoms with Gasteiger partial charge in [-0.1, -0.05) is 29.4 Å². The number of fused-ring (bicyclic) bond motifs is 1. The molecule has 4 aromatic rings. The van der Waals surface area contributed by atoms with Crippen molar-refractivity contribution in [1.29, 1.82) is 0 Å². The summed E-state index contributed by atoms with van der Waals surface area (Å²) in [5, 5.41) is 10.0. The van der Waals surface area contributed by atoms with Crippen LogP contribution >= 0.6 is 11.3 Å². The van der Waals surface area contributed by atoms with Crippen LogP contribution in [0.1, 0.15) is 11.3 Å². The van der Waals surface area contributed by atoms with Gasteiger partial charge in [0.2, 0.25) is 5.91 Å². The van der Waals surface area contributed by atoms with Gasteiger partial charge in [-0.2, -0.15) is 0 Å². The molecule has 0 fully saturated rings. The van der Waals surface area contributed by atoms with Gasteiger partial charge in [0, 0.05) is 29.7 Å². The van der Waals surface area contributed by atoms with Crippen LogP contribution in [-0.2, 0) is 22.6 Å². The van der Waals surface area contributed by atoms with Crippen molar-refractivity contribution in [2.24, 2.45) is 0 Å². The van der Waals surface area contributed by atoms with E-state index < -0.39 is 0 Å². The smallest absolute Gasteiger partial charge is 0.246 e. The molecule has 4 rings (SSSR count). The molecule has 0 aliphatic rings. The molecule has 0 aliphatic carbocycles. The first-order valence-corrected chi connectivity index (χ1v) is 9.56. The van der Waals surface area contributed by atoms with Crippen molar-refractivity contribution in [1.82, 2.24) is 15.5 Å². The van der Waals surface area contributed by atoms with Crippen LogP contribution in [0.5, 0.6) is 0 Å². The quantitative estimate of drug-likeness (QED) is 0.487. The van der Waals surface area contributed by atoms with Gasteiger partial charge in [0.1, 0.15) is 12.3 Å². The van der Waals surface area contributed by atoms with E-state index in [0.717, 1.165) is 16.8 Å². The van der Waals surface area contributed by atoms with Gasteiger partial charge in [0.05, 0.1) is 11.5 Å². The molecule has 138 valence electrons. The zero-order chi connectivity index (χ0) is 18.5. The summed E-state index contributed by atoms with van der Waals surface area (Å²) in [6.45, 7) is 0.802. The number of ether oxygens (including phenoxy) is 1. The predicted molar refractivity (Wildman–Crippen MR) is 104 cm³/mol. The number of aromatic amines is 1. The zero-order valence-corrected chi connectivity index (χ0v) is 15.4. The van der Waals surface area contributed by atoms with Crippen molar-refractivity contribution in [2.45, 2.75) is 13.0 Å². The highest BCUT2D eigenvalue weighted by Crippen LogP contribution is 2.25. The van der Waals surface area contributed by atoms with Crippen molar-refractivity contribution in [2.75, 3.05) is 13.2 Å². The number of amides is 1. The highest BCUT2D eigenvalue weighted by atomic mass is 32.1. The van der Waals surface area contributed by atoms with Crippen LogP contribution in [0, 0.1) is 0 Å². The molecule has 3 heterocycles. The van der Waals surface area contributed by atoms with Crippen LogP contribution in [0.15, 0.2) is 58.6 Å². The number of para-hydroxylation sites is 1. The summed E-state index contributed by atoms with van der Waals surface area (Å²) >= 11 is 1.59. The summed E-state index contributed by atoms with van der Waals surface area (Å²) < 4.78 is 10.7. The summed E-state index contributed by atoms with van der Waals surface area (Å²) in [4.78, 5) is 16.2. The topological polar surface area (TPSA) is 80.2 Å². The van der Waals surface area contributed by atoms with Gasteiger partial charge in [-0.25, -0.2) is 0 Å². The Morgan fingerprint density at radius 1 is 1.26 bits per heavy atom. The molecule has 0 atom stereocenters. The van der Waals surface area contributed by atoms with E-state index in [2.05, 4.69) is 21.5 Å². The maximum Gasteiger partial charge on any atom is 0.246 e. The molecule has 3 aromatic heterocycles. The van der Waals surface area contributed by atoms with E-state index in [-0.39, 0.29) is 19.1 Å². The van der Waals surface area contributed by atoms with Gasteiger partial charge in [0.15, 0.2) is 5.76 Å². The molecule has 7 heteroatoms. The van der Waals surface area contributed by atoms with E-state index >= 15 is 0 Å². The van der Waals surface area contributed by atoms with Gasteiger partial charge in [0.25, 0.3) is 0 Å². The summed E-state index contributed by atoms with van der Waals surface area (Å²) in [5.74, 6) is 0.573. The first-order valence-electron chi connectivity index (χ1n) is 8.68. The minimum atomic E-state index is -0.142. The standard InChI is InChI=1S/C20H19N3O3S/c24-20(21-8-7-14-11-22-17-5-2-1-4-16(14)17)13-25-12-15-10-18(26-23-15)19-6-3-9-27-19/h1-6,9-11,22H,7-8,12-13H2,(H,21,24). The number of aromatic nitrogens is 2. The fourth-order valence-corrected chi connectivity index (χ4v) is 3.56. The monoisotopic (exact) mass is 381 g/mol. The van der Waals surface area contributed by atoms with Gasteiger partial charge in [-0.15, -0.1) is 11.3 Å². The number of carbonyl (C=O) groups is 1. The van der Waals surface area contributed by atoms with Gasteiger partial charge >= 0.3 is 0 Å². The Morgan fingerprint density at radius 3 is 3.07 bits per heavy atom. The lowest BCUT2D eigenvalue weighted by Gasteiger charge is -2.05. The third-order valence-electron chi connectivity index (χ3n) is 4.20. The van der Waals surface area contributed by atoms with E-state index in [1.165, 1.54) is 10.9 Å². The first-order chi connectivity index (χ1) is 13.3. The van der Waals surface area contributed by atoms with Crippen molar-refractivity contribution < 1.29 is 14.1 Å². The molecule has 0 unspecified atom stereocenters. The van der Waals surface area contributed by atoms with Crippen LogP contribution in [-0.4, -0.2) is 29.2 Å². The van der Waals surface area contributed by atoms with Gasteiger partial charge < -0.3 is 19.6 Å². The van der Waals surface area contributed by atoms with E-state index in [9.17, 15) is 4.79 Å². The number of benzene rings is 1. The van der Waals surface area contributed by atoms with Gasteiger partial charge in [-0.05, 0) is 29.5 Å². The summed E-state index contributed by atoms with van der Waals surface area (Å²) in [6, 6.07) is 13.9. The number of rotatable bonds is 8. The highest BCUT2D eigenvalue weighted by molar-refractivity contribution is 7.13. The summed E-state index contributed by atoms with van der Waals surface area (Å²) in [7, 11) is 0. The lowest BCUT2D eigenvalue weighted by molar-refractivity contribution is -0.126. The van der Waals surface area contributed by atoms with E-state index in [1.54, 1.807) is 11.3 Å². The molecular formula is C20H19N3O3S. The Hall–Kier alpha value is -2.90. The Bertz CT molecular complexity index is 1020. The maximum atomic E-state index is 11.9. The summed E-state index contributed by atoms with van der Waals surface area (Å²) in [6.07, 6.45) is 2.76. The number of nitrogens with one attached hydrogen (secondary N) is 2. The zero-order valence-electron chi connectivity index (χ0n) is 14.6. The normalized spacial score (nSPS) is 11.1. The molecule has 1 aromatic carbocycles. The van der Waals surface area contributed by atoms with Crippen molar-refractivity contribution in [3.63, 3.8) is 0 Å². The number of thiophene rings is 1. The molecule has 0 spiro atoms. The molecule has 1 amide bonds. The molecule has 0 saturated heterocycles. The van der Waals surface area contributed by atoms with Crippen LogP contribution in [0.2, 0.25) is 0 Å². The lowest BCUT2D eigenvalue weighted by atomic mass is 10.1. The van der Waals surface area contributed by atoms with Crippen LogP contribution in [0.4, 0.5) is 0 Å². The van der Waals surface area contributed by atoms with Gasteiger partial charge in [-0.3, -0.25) is 4.79 Å². The molecule has 0 aliphatic heterocycles. The fraction of sp³-hybridized carbons (Fsp3) is 0.200. The van der Waals surface area contributed by atoms with Crippen LogP contribution < -0.4 is 5.32 Å². The fourth-order valence-electron chi connectivity index (χ4n) is 2.89. The average molecular weight is 381 g/mol. The minimum absolute atomic E-state index is 0.00488. The van der Waals surface area contributed by atoms with Crippen molar-refractivity contribution in [3.8, 4) is 10.6 Å². The SMILES string of the molecule is O=C(COCc1cc(-c2cccs2)on1)NCCc1c[nH]c2ccccc12. The minimum Gasteiger partial charge on any atom is -0.365 e. The number of carbonyl (C=O) groups excluding carboxylic acids is 1. The van der Waals surface area contributed by atoms with E-state index in [0.29, 0.717) is 18.0 Å². The average Bonchev–Trinajstić information content (AvgIpc) is 3.43. The largest absolute Gasteiger partial charge is 0.365 e. The van der Waals surface area contributed by atoms with Crippen molar-refractivity contribution in [3.05, 3.63) is 65.3 Å². The second-order valence-corrected chi connectivity index (χ2v) is 7.06.